The highest BCUT2D eigenvalue weighted by molar-refractivity contribution is 7.07. The summed E-state index contributed by atoms with van der Waals surface area (Å²) in [6.45, 7) is 2.60. The molecule has 0 saturated carbocycles. The van der Waals surface area contributed by atoms with Gasteiger partial charge in [-0.3, -0.25) is 0 Å². The molecule has 0 radical (unpaired) electrons. The molecule has 1 aliphatic heterocycles. The van der Waals surface area contributed by atoms with Gasteiger partial charge in [-0.15, -0.1) is 11.3 Å². The molecule has 1 aromatic heterocycles. The zero-order valence-corrected chi connectivity index (χ0v) is 12.4. The molecular formula is C14H15ClFN3S. The minimum Gasteiger partial charge on any atom is -0.370 e. The first-order valence-corrected chi connectivity index (χ1v) is 7.85. The van der Waals surface area contributed by atoms with E-state index in [-0.39, 0.29) is 10.8 Å². The zero-order valence-electron chi connectivity index (χ0n) is 10.9. The smallest absolute Gasteiger partial charge is 0.143 e. The van der Waals surface area contributed by atoms with E-state index in [0.717, 1.165) is 37.4 Å². The highest BCUT2D eigenvalue weighted by Gasteiger charge is 2.22. The first kappa shape index (κ1) is 13.8. The molecule has 2 heterocycles. The molecule has 0 spiro atoms. The summed E-state index contributed by atoms with van der Waals surface area (Å²) in [5.41, 5.74) is 3.81. The zero-order chi connectivity index (χ0) is 13.9. The quantitative estimate of drug-likeness (QED) is 0.939. The molecule has 1 saturated heterocycles. The molecule has 3 rings (SSSR count). The third kappa shape index (κ3) is 3.11. The predicted molar refractivity (Wildman–Crippen MR) is 81.0 cm³/mol. The van der Waals surface area contributed by atoms with E-state index in [1.807, 2.05) is 17.0 Å². The molecule has 20 heavy (non-hydrogen) atoms. The van der Waals surface area contributed by atoms with E-state index >= 15 is 0 Å². The molecule has 2 aromatic rings. The van der Waals surface area contributed by atoms with Crippen LogP contribution in [-0.2, 0) is 6.54 Å². The summed E-state index contributed by atoms with van der Waals surface area (Å²) in [4.78, 5) is 6.43. The number of halogens is 2. The normalized spacial score (nSPS) is 18.7. The molecule has 1 aromatic carbocycles. The van der Waals surface area contributed by atoms with Crippen molar-refractivity contribution in [2.75, 3.05) is 18.0 Å². The number of thiazole rings is 1. The third-order valence-corrected chi connectivity index (χ3v) is 4.45. The molecule has 106 valence electrons. The lowest BCUT2D eigenvalue weighted by atomic mass is 10.2. The molecule has 1 fully saturated rings. The Balaban J connectivity index is 1.57. The number of benzene rings is 1. The molecule has 1 aliphatic rings. The Morgan fingerprint density at radius 2 is 2.40 bits per heavy atom. The van der Waals surface area contributed by atoms with Gasteiger partial charge < -0.3 is 10.2 Å². The Kier molecular flexibility index (Phi) is 4.19. The first-order valence-electron chi connectivity index (χ1n) is 6.53. The number of nitrogens with one attached hydrogen (secondary N) is 1. The van der Waals surface area contributed by atoms with Crippen LogP contribution in [0.1, 0.15) is 12.1 Å². The number of nitrogens with zero attached hydrogens (tertiary/aromatic N) is 2. The largest absolute Gasteiger partial charge is 0.370 e. The minimum absolute atomic E-state index is 0.172. The van der Waals surface area contributed by atoms with Crippen LogP contribution in [0.25, 0.3) is 0 Å². The van der Waals surface area contributed by atoms with Crippen LogP contribution >= 0.6 is 22.9 Å². The number of hydrogen-bond donors (Lipinski definition) is 1. The van der Waals surface area contributed by atoms with Crippen molar-refractivity contribution in [3.8, 4) is 0 Å². The summed E-state index contributed by atoms with van der Waals surface area (Å²) in [5, 5.41) is 5.71. The summed E-state index contributed by atoms with van der Waals surface area (Å²) < 4.78 is 13.5. The minimum atomic E-state index is -0.358. The third-order valence-electron chi connectivity index (χ3n) is 3.51. The molecule has 1 N–H and O–H groups in total. The van der Waals surface area contributed by atoms with E-state index in [1.165, 1.54) is 6.07 Å². The van der Waals surface area contributed by atoms with Crippen molar-refractivity contribution < 1.29 is 4.39 Å². The van der Waals surface area contributed by atoms with Gasteiger partial charge in [-0.2, -0.15) is 0 Å². The highest BCUT2D eigenvalue weighted by Crippen LogP contribution is 2.25. The van der Waals surface area contributed by atoms with E-state index < -0.39 is 0 Å². The molecule has 0 unspecified atom stereocenters. The maximum atomic E-state index is 13.5. The van der Waals surface area contributed by atoms with Crippen molar-refractivity contribution >= 4 is 28.6 Å². The summed E-state index contributed by atoms with van der Waals surface area (Å²) in [6, 6.07) is 5.40. The van der Waals surface area contributed by atoms with Gasteiger partial charge in [0, 0.05) is 36.7 Å². The molecular weight excluding hydrogens is 297 g/mol. The number of hydrogen-bond acceptors (Lipinski definition) is 4. The second-order valence-corrected chi connectivity index (χ2v) is 6.02. The van der Waals surface area contributed by atoms with E-state index in [4.69, 9.17) is 11.6 Å². The Labute approximate surface area is 126 Å². The average molecular weight is 312 g/mol. The van der Waals surface area contributed by atoms with Crippen LogP contribution in [0.15, 0.2) is 29.1 Å². The maximum Gasteiger partial charge on any atom is 0.143 e. The molecule has 1 atom stereocenters. The van der Waals surface area contributed by atoms with Gasteiger partial charge in [0.25, 0.3) is 0 Å². The van der Waals surface area contributed by atoms with E-state index in [0.29, 0.717) is 6.04 Å². The maximum absolute atomic E-state index is 13.5. The van der Waals surface area contributed by atoms with Gasteiger partial charge in [-0.05, 0) is 24.6 Å². The highest BCUT2D eigenvalue weighted by atomic mass is 35.5. The van der Waals surface area contributed by atoms with Gasteiger partial charge in [0.15, 0.2) is 0 Å². The van der Waals surface area contributed by atoms with Gasteiger partial charge in [0.05, 0.1) is 16.2 Å². The standard InChI is InChI=1S/C14H15ClFN3S/c15-13-2-1-12(5-14(13)16)19-4-3-10(7-19)17-6-11-8-20-9-18-11/h1-2,5,8-10,17H,3-4,6-7H2/t10-/m0/s1. The van der Waals surface area contributed by atoms with Crippen LogP contribution in [0.2, 0.25) is 5.02 Å². The molecule has 3 nitrogen and oxygen atoms in total. The van der Waals surface area contributed by atoms with E-state index in [1.54, 1.807) is 17.4 Å². The van der Waals surface area contributed by atoms with Crippen molar-refractivity contribution in [2.24, 2.45) is 0 Å². The second kappa shape index (κ2) is 6.08. The molecule has 0 amide bonds. The van der Waals surface area contributed by atoms with Crippen LogP contribution in [0.4, 0.5) is 10.1 Å². The summed E-state index contributed by atoms with van der Waals surface area (Å²) in [7, 11) is 0. The van der Waals surface area contributed by atoms with Crippen LogP contribution in [0, 0.1) is 5.82 Å². The number of anilines is 1. The monoisotopic (exact) mass is 311 g/mol. The van der Waals surface area contributed by atoms with E-state index in [9.17, 15) is 4.39 Å². The van der Waals surface area contributed by atoms with Gasteiger partial charge in [-0.25, -0.2) is 9.37 Å². The SMILES string of the molecule is Fc1cc(N2CC[C@H](NCc3cscn3)C2)ccc1Cl. The molecule has 0 aliphatic carbocycles. The Bertz CT molecular complexity index is 576. The predicted octanol–water partition coefficient (Wildman–Crippen LogP) is 3.30. The van der Waals surface area contributed by atoms with Crippen LogP contribution in [0.5, 0.6) is 0 Å². The fourth-order valence-corrected chi connectivity index (χ4v) is 3.09. The van der Waals surface area contributed by atoms with Crippen LogP contribution in [-0.4, -0.2) is 24.1 Å². The van der Waals surface area contributed by atoms with Crippen molar-refractivity contribution in [2.45, 2.75) is 19.0 Å². The topological polar surface area (TPSA) is 28.2 Å². The Morgan fingerprint density at radius 3 is 3.15 bits per heavy atom. The van der Waals surface area contributed by atoms with Crippen molar-refractivity contribution in [3.05, 3.63) is 45.6 Å². The van der Waals surface area contributed by atoms with Gasteiger partial charge in [0.2, 0.25) is 0 Å². The molecule has 6 heteroatoms. The second-order valence-electron chi connectivity index (χ2n) is 4.89. The number of aromatic nitrogens is 1. The summed E-state index contributed by atoms with van der Waals surface area (Å²) in [6.07, 6.45) is 1.05. The Hall–Kier alpha value is -1.17. The first-order chi connectivity index (χ1) is 9.72. The van der Waals surface area contributed by atoms with Crippen molar-refractivity contribution in [3.63, 3.8) is 0 Å². The van der Waals surface area contributed by atoms with E-state index in [2.05, 4.69) is 15.2 Å². The van der Waals surface area contributed by atoms with Gasteiger partial charge >= 0.3 is 0 Å². The summed E-state index contributed by atoms with van der Waals surface area (Å²) >= 11 is 7.32. The van der Waals surface area contributed by atoms with Gasteiger partial charge in [-0.1, -0.05) is 11.6 Å². The average Bonchev–Trinajstić information content (AvgIpc) is 3.10. The number of rotatable bonds is 4. The van der Waals surface area contributed by atoms with Crippen LogP contribution in [0.3, 0.4) is 0 Å². The van der Waals surface area contributed by atoms with Crippen LogP contribution < -0.4 is 10.2 Å². The Morgan fingerprint density at radius 1 is 1.50 bits per heavy atom. The lowest BCUT2D eigenvalue weighted by molar-refractivity contribution is 0.547. The van der Waals surface area contributed by atoms with Gasteiger partial charge in [0.1, 0.15) is 5.82 Å². The van der Waals surface area contributed by atoms with Crippen molar-refractivity contribution in [1.29, 1.82) is 0 Å². The fourth-order valence-electron chi connectivity index (χ4n) is 2.42. The van der Waals surface area contributed by atoms with Crippen molar-refractivity contribution in [1.82, 2.24) is 10.3 Å². The fraction of sp³-hybridized carbons (Fsp3) is 0.357. The lowest BCUT2D eigenvalue weighted by Crippen LogP contribution is -2.32. The summed E-state index contributed by atoms with van der Waals surface area (Å²) in [5.74, 6) is -0.358. The molecule has 0 bridgehead atoms. The lowest BCUT2D eigenvalue weighted by Gasteiger charge is -2.19.